The van der Waals surface area contributed by atoms with Gasteiger partial charge in [0, 0.05) is 10.5 Å². The molecule has 1 N–H and O–H groups in total. The first kappa shape index (κ1) is 15.7. The van der Waals surface area contributed by atoms with E-state index in [9.17, 15) is 9.18 Å². The largest absolute Gasteiger partial charge is 0.349 e. The van der Waals surface area contributed by atoms with E-state index >= 15 is 0 Å². The van der Waals surface area contributed by atoms with E-state index in [1.807, 2.05) is 31.2 Å². The average molecular weight is 350 g/mol. The van der Waals surface area contributed by atoms with Crippen LogP contribution < -0.4 is 5.32 Å². The van der Waals surface area contributed by atoms with E-state index in [1.54, 1.807) is 19.1 Å². The molecule has 0 aliphatic heterocycles. The van der Waals surface area contributed by atoms with Crippen LogP contribution in [0.2, 0.25) is 0 Å². The fourth-order valence-electron chi connectivity index (χ4n) is 2.15. The molecular weight excluding hydrogens is 333 g/mol. The van der Waals surface area contributed by atoms with Crippen LogP contribution in [0.15, 0.2) is 46.9 Å². The van der Waals surface area contributed by atoms with Crippen molar-refractivity contribution in [1.82, 2.24) is 5.32 Å². The monoisotopic (exact) mass is 349 g/mol. The molecule has 21 heavy (non-hydrogen) atoms. The Kier molecular flexibility index (Phi) is 5.12. The van der Waals surface area contributed by atoms with E-state index in [1.165, 1.54) is 6.07 Å². The van der Waals surface area contributed by atoms with Gasteiger partial charge < -0.3 is 5.32 Å². The van der Waals surface area contributed by atoms with Crippen LogP contribution >= 0.6 is 15.9 Å². The number of halogens is 2. The zero-order valence-electron chi connectivity index (χ0n) is 12.0. The maximum absolute atomic E-state index is 13.9. The first-order chi connectivity index (χ1) is 9.97. The molecule has 2 aromatic carbocycles. The second-order valence-electron chi connectivity index (χ2n) is 5.14. The fraction of sp³-hybridized carbons (Fsp3) is 0.235. The first-order valence-electron chi connectivity index (χ1n) is 6.78. The molecule has 4 heteroatoms. The first-order valence-corrected chi connectivity index (χ1v) is 7.57. The van der Waals surface area contributed by atoms with E-state index in [0.717, 1.165) is 10.0 Å². The van der Waals surface area contributed by atoms with Crippen molar-refractivity contribution in [2.45, 2.75) is 26.3 Å². The Morgan fingerprint density at radius 1 is 1.24 bits per heavy atom. The van der Waals surface area contributed by atoms with Gasteiger partial charge in [-0.05, 0) is 49.6 Å². The number of hydrogen-bond donors (Lipinski definition) is 1. The zero-order chi connectivity index (χ0) is 15.4. The molecule has 0 fully saturated rings. The Bertz CT molecular complexity index is 640. The van der Waals surface area contributed by atoms with E-state index < -0.39 is 5.82 Å². The van der Waals surface area contributed by atoms with Gasteiger partial charge in [-0.15, -0.1) is 0 Å². The molecule has 110 valence electrons. The highest BCUT2D eigenvalue weighted by Crippen LogP contribution is 2.14. The molecular formula is C17H17BrFNO. The summed E-state index contributed by atoms with van der Waals surface area (Å²) in [5.74, 6) is -0.827. The Balaban J connectivity index is 2.02. The minimum atomic E-state index is -0.453. The molecule has 0 bridgehead atoms. The standard InChI is InChI=1S/C17H17BrFNO/c1-11-4-3-5-15(16(11)19)17(21)20-12(2)10-13-6-8-14(18)9-7-13/h3-9,12H,10H2,1-2H3,(H,20,21). The summed E-state index contributed by atoms with van der Waals surface area (Å²) in [6.45, 7) is 3.56. The summed E-state index contributed by atoms with van der Waals surface area (Å²) in [7, 11) is 0. The van der Waals surface area contributed by atoms with Crippen LogP contribution in [0.5, 0.6) is 0 Å². The lowest BCUT2D eigenvalue weighted by atomic mass is 10.1. The van der Waals surface area contributed by atoms with Gasteiger partial charge in [-0.3, -0.25) is 4.79 Å². The SMILES string of the molecule is Cc1cccc(C(=O)NC(C)Cc2ccc(Br)cc2)c1F. The Morgan fingerprint density at radius 3 is 2.57 bits per heavy atom. The van der Waals surface area contributed by atoms with Gasteiger partial charge in [0.1, 0.15) is 5.82 Å². The molecule has 0 saturated heterocycles. The molecule has 0 heterocycles. The molecule has 0 spiro atoms. The summed E-state index contributed by atoms with van der Waals surface area (Å²) in [5, 5.41) is 2.84. The van der Waals surface area contributed by atoms with Crippen LogP contribution in [0, 0.1) is 12.7 Å². The lowest BCUT2D eigenvalue weighted by molar-refractivity contribution is 0.0936. The summed E-state index contributed by atoms with van der Waals surface area (Å²) >= 11 is 3.39. The summed E-state index contributed by atoms with van der Waals surface area (Å²) in [5.41, 5.74) is 1.69. The third-order valence-corrected chi connectivity index (χ3v) is 3.80. The Labute approximate surface area is 132 Å². The predicted octanol–water partition coefficient (Wildman–Crippen LogP) is 4.26. The predicted molar refractivity (Wildman–Crippen MR) is 85.9 cm³/mol. The quantitative estimate of drug-likeness (QED) is 0.877. The topological polar surface area (TPSA) is 29.1 Å². The van der Waals surface area contributed by atoms with Crippen molar-refractivity contribution in [3.8, 4) is 0 Å². The van der Waals surface area contributed by atoms with Crippen molar-refractivity contribution in [3.05, 3.63) is 69.4 Å². The van der Waals surface area contributed by atoms with E-state index in [-0.39, 0.29) is 17.5 Å². The highest BCUT2D eigenvalue weighted by Gasteiger charge is 2.15. The molecule has 2 aromatic rings. The maximum Gasteiger partial charge on any atom is 0.254 e. The van der Waals surface area contributed by atoms with Crippen LogP contribution in [0.1, 0.15) is 28.4 Å². The number of benzene rings is 2. The number of hydrogen-bond acceptors (Lipinski definition) is 1. The molecule has 0 saturated carbocycles. The van der Waals surface area contributed by atoms with Gasteiger partial charge in [-0.1, -0.05) is 40.2 Å². The van der Waals surface area contributed by atoms with Crippen LogP contribution in [0.25, 0.3) is 0 Å². The molecule has 0 aliphatic carbocycles. The van der Waals surface area contributed by atoms with Crippen molar-refractivity contribution in [3.63, 3.8) is 0 Å². The molecule has 0 aromatic heterocycles. The molecule has 0 radical (unpaired) electrons. The van der Waals surface area contributed by atoms with Crippen molar-refractivity contribution in [2.75, 3.05) is 0 Å². The van der Waals surface area contributed by atoms with E-state index in [0.29, 0.717) is 12.0 Å². The van der Waals surface area contributed by atoms with Gasteiger partial charge in [0.05, 0.1) is 5.56 Å². The maximum atomic E-state index is 13.9. The third-order valence-electron chi connectivity index (χ3n) is 3.27. The van der Waals surface area contributed by atoms with Gasteiger partial charge in [-0.2, -0.15) is 0 Å². The van der Waals surface area contributed by atoms with Gasteiger partial charge >= 0.3 is 0 Å². The lowest BCUT2D eigenvalue weighted by Gasteiger charge is -2.15. The molecule has 1 atom stereocenters. The summed E-state index contributed by atoms with van der Waals surface area (Å²) in [6.07, 6.45) is 0.701. The smallest absolute Gasteiger partial charge is 0.254 e. The molecule has 2 nitrogen and oxygen atoms in total. The number of aryl methyl sites for hydroxylation is 1. The molecule has 1 unspecified atom stereocenters. The van der Waals surface area contributed by atoms with Crippen molar-refractivity contribution >= 4 is 21.8 Å². The van der Waals surface area contributed by atoms with Gasteiger partial charge in [0.25, 0.3) is 5.91 Å². The average Bonchev–Trinajstić information content (AvgIpc) is 2.44. The number of nitrogens with one attached hydrogen (secondary N) is 1. The summed E-state index contributed by atoms with van der Waals surface area (Å²) in [4.78, 5) is 12.1. The number of carbonyl (C=O) groups is 1. The minimum absolute atomic E-state index is 0.0708. The molecule has 2 rings (SSSR count). The van der Waals surface area contributed by atoms with Crippen molar-refractivity contribution < 1.29 is 9.18 Å². The van der Waals surface area contributed by atoms with Crippen LogP contribution in [0.3, 0.4) is 0 Å². The summed E-state index contributed by atoms with van der Waals surface area (Å²) in [6, 6.07) is 12.7. The van der Waals surface area contributed by atoms with Crippen LogP contribution in [0.4, 0.5) is 4.39 Å². The van der Waals surface area contributed by atoms with Gasteiger partial charge in [-0.25, -0.2) is 4.39 Å². The van der Waals surface area contributed by atoms with E-state index in [2.05, 4.69) is 21.2 Å². The van der Waals surface area contributed by atoms with Crippen LogP contribution in [-0.2, 0) is 6.42 Å². The second kappa shape index (κ2) is 6.85. The summed E-state index contributed by atoms with van der Waals surface area (Å²) < 4.78 is 14.9. The molecule has 0 aliphatic rings. The number of rotatable bonds is 4. The number of carbonyl (C=O) groups excluding carboxylic acids is 1. The third kappa shape index (κ3) is 4.14. The van der Waals surface area contributed by atoms with Crippen molar-refractivity contribution in [2.24, 2.45) is 0 Å². The second-order valence-corrected chi connectivity index (χ2v) is 6.06. The fourth-order valence-corrected chi connectivity index (χ4v) is 2.41. The Hall–Kier alpha value is -1.68. The molecule has 1 amide bonds. The minimum Gasteiger partial charge on any atom is -0.349 e. The highest BCUT2D eigenvalue weighted by molar-refractivity contribution is 9.10. The normalized spacial score (nSPS) is 12.0. The number of amides is 1. The van der Waals surface area contributed by atoms with Gasteiger partial charge in [0.2, 0.25) is 0 Å². The van der Waals surface area contributed by atoms with Crippen molar-refractivity contribution in [1.29, 1.82) is 0 Å². The highest BCUT2D eigenvalue weighted by atomic mass is 79.9. The Morgan fingerprint density at radius 2 is 1.90 bits per heavy atom. The lowest BCUT2D eigenvalue weighted by Crippen LogP contribution is -2.34. The van der Waals surface area contributed by atoms with E-state index in [4.69, 9.17) is 0 Å². The van der Waals surface area contributed by atoms with Crippen LogP contribution in [-0.4, -0.2) is 11.9 Å². The van der Waals surface area contributed by atoms with Gasteiger partial charge in [0.15, 0.2) is 0 Å². The zero-order valence-corrected chi connectivity index (χ0v) is 13.6.